The molecular formula is C58H77ClN8O14. The van der Waals surface area contributed by atoms with Gasteiger partial charge in [-0.05, 0) is 185 Å². The second kappa shape index (κ2) is 27.3. The van der Waals surface area contributed by atoms with Crippen molar-refractivity contribution in [3.05, 3.63) is 114 Å². The number of carbonyl (C=O) groups is 7. The molecule has 0 aliphatic carbocycles. The minimum atomic E-state index is -1.06. The Morgan fingerprint density at radius 2 is 0.877 bits per heavy atom. The summed E-state index contributed by atoms with van der Waals surface area (Å²) in [5.74, 6) is -2.42. The Balaban J connectivity index is 0.000000200. The number of carboxylic acids is 1. The van der Waals surface area contributed by atoms with Gasteiger partial charge in [-0.1, -0.05) is 11.6 Å². The van der Waals surface area contributed by atoms with Gasteiger partial charge in [0, 0.05) is 31.2 Å². The molecule has 22 nitrogen and oxygen atoms in total. The number of methoxy groups -OCH3 is 2. The van der Waals surface area contributed by atoms with Gasteiger partial charge < -0.3 is 53.5 Å². The average Bonchev–Trinajstić information content (AvgIpc) is 3.43. The maximum absolute atomic E-state index is 12.2. The smallest absolute Gasteiger partial charge is 0.410 e. The summed E-state index contributed by atoms with van der Waals surface area (Å²) in [6, 6.07) is 6.62. The lowest BCUT2D eigenvalue weighted by atomic mass is 9.99. The first-order valence-corrected chi connectivity index (χ1v) is 27.1. The first-order valence-electron chi connectivity index (χ1n) is 26.7. The number of hydrogen-bond acceptors (Lipinski definition) is 18. The minimum absolute atomic E-state index is 0.0114. The van der Waals surface area contributed by atoms with E-state index in [1.54, 1.807) is 39.8 Å². The van der Waals surface area contributed by atoms with Gasteiger partial charge in [0.15, 0.2) is 0 Å². The van der Waals surface area contributed by atoms with Gasteiger partial charge in [-0.25, -0.2) is 53.5 Å². The number of pyridine rings is 4. The van der Waals surface area contributed by atoms with E-state index in [1.165, 1.54) is 25.8 Å². The number of rotatable bonds is 5. The molecule has 0 saturated heterocycles. The molecule has 8 rings (SSSR count). The Labute approximate surface area is 478 Å². The van der Waals surface area contributed by atoms with Crippen LogP contribution in [0.2, 0.25) is 5.02 Å². The standard InChI is InChI=1S/C16H21ClN2O4.C16H22N2O4.C15H20N2O4.C11H14N2O2/c1-5-22-14(20)12-8-11(17)10-6-7-19(9-13(10)18-12)15(21)23-16(2,3)4;1-10-8-12(14(19)21-5)17-13-9-18(7-6-11(10)13)15(20)22-16(2,3)4;1-9-7-11(13(18)19)16-12-8-17(6-5-10(9)12)14(20)21-15(2,3)4;1-7-5-9(11(14)15-2)13-10-6-12-4-3-8(7)10/h8H,5-7,9H2,1-4H3;8H,6-7,9H2,1-5H3;7H,5-6,8H2,1-4H3,(H,18,19);5,12H,3-4,6H2,1-2H3. The predicted octanol–water partition coefficient (Wildman–Crippen LogP) is 8.88. The van der Waals surface area contributed by atoms with Crippen molar-refractivity contribution in [2.45, 2.75) is 159 Å². The van der Waals surface area contributed by atoms with Crippen molar-refractivity contribution >= 4 is 53.8 Å². The molecule has 0 saturated carbocycles. The fraction of sp³-hybridized carbons (Fsp3) is 0.534. The molecule has 4 aliphatic rings. The first kappa shape index (κ1) is 64.4. The van der Waals surface area contributed by atoms with E-state index in [-0.39, 0.29) is 48.8 Å². The highest BCUT2D eigenvalue weighted by Gasteiger charge is 2.32. The summed E-state index contributed by atoms with van der Waals surface area (Å²) in [5.41, 5.74) is 9.42. The molecule has 3 amide bonds. The number of hydrogen-bond donors (Lipinski definition) is 2. The Hall–Kier alpha value is -7.46. The summed E-state index contributed by atoms with van der Waals surface area (Å²) in [6.07, 6.45) is 1.76. The highest BCUT2D eigenvalue weighted by Crippen LogP contribution is 2.29. The van der Waals surface area contributed by atoms with E-state index in [0.29, 0.717) is 67.5 Å². The fourth-order valence-electron chi connectivity index (χ4n) is 8.94. The van der Waals surface area contributed by atoms with Gasteiger partial charge in [0.25, 0.3) is 0 Å². The number of aromatic carboxylic acids is 1. The molecule has 0 radical (unpaired) electrons. The molecule has 8 heterocycles. The quantitative estimate of drug-likeness (QED) is 0.139. The molecule has 81 heavy (non-hydrogen) atoms. The van der Waals surface area contributed by atoms with Crippen LogP contribution in [0, 0.1) is 20.8 Å². The van der Waals surface area contributed by atoms with E-state index >= 15 is 0 Å². The lowest BCUT2D eigenvalue weighted by Crippen LogP contribution is -2.40. The molecule has 4 aliphatic heterocycles. The molecule has 4 aromatic rings. The van der Waals surface area contributed by atoms with Crippen LogP contribution in [-0.4, -0.2) is 146 Å². The first-order chi connectivity index (χ1) is 37.8. The number of fused-ring (bicyclic) bond motifs is 4. The molecule has 0 unspecified atom stereocenters. The van der Waals surface area contributed by atoms with Crippen LogP contribution in [0.1, 0.15) is 173 Å². The van der Waals surface area contributed by atoms with Crippen LogP contribution >= 0.6 is 11.6 Å². The van der Waals surface area contributed by atoms with Crippen LogP contribution in [0.15, 0.2) is 24.3 Å². The number of aryl methyl sites for hydroxylation is 3. The summed E-state index contributed by atoms with van der Waals surface area (Å²) in [4.78, 5) is 104. The predicted molar refractivity (Wildman–Crippen MR) is 298 cm³/mol. The number of nitrogens with one attached hydrogen (secondary N) is 1. The Morgan fingerprint density at radius 3 is 1.26 bits per heavy atom. The summed E-state index contributed by atoms with van der Waals surface area (Å²) in [6.45, 7) is 28.4. The van der Waals surface area contributed by atoms with E-state index in [9.17, 15) is 33.6 Å². The molecule has 0 fully saturated rings. The van der Waals surface area contributed by atoms with E-state index in [2.05, 4.69) is 30.0 Å². The number of carbonyl (C=O) groups excluding carboxylic acids is 6. The Kier molecular flexibility index (Phi) is 21.7. The van der Waals surface area contributed by atoms with Gasteiger partial charge in [0.1, 0.15) is 39.6 Å². The third kappa shape index (κ3) is 18.3. The Morgan fingerprint density at radius 1 is 0.531 bits per heavy atom. The second-order valence-electron chi connectivity index (χ2n) is 22.6. The van der Waals surface area contributed by atoms with E-state index < -0.39 is 46.9 Å². The van der Waals surface area contributed by atoms with Gasteiger partial charge in [0.05, 0.1) is 63.2 Å². The summed E-state index contributed by atoms with van der Waals surface area (Å²) in [5, 5.41) is 12.8. The summed E-state index contributed by atoms with van der Waals surface area (Å²) < 4.78 is 30.4. The number of aromatic nitrogens is 4. The van der Waals surface area contributed by atoms with Crippen molar-refractivity contribution in [2.75, 3.05) is 47.0 Å². The molecule has 2 N–H and O–H groups in total. The molecular weight excluding hydrogens is 1070 g/mol. The van der Waals surface area contributed by atoms with Gasteiger partial charge in [-0.15, -0.1) is 0 Å². The zero-order chi connectivity index (χ0) is 60.3. The fourth-order valence-corrected chi connectivity index (χ4v) is 9.24. The normalized spacial score (nSPS) is 14.4. The minimum Gasteiger partial charge on any atom is -0.477 e. The summed E-state index contributed by atoms with van der Waals surface area (Å²) >= 11 is 6.24. The number of esters is 3. The van der Waals surface area contributed by atoms with Gasteiger partial charge >= 0.3 is 42.2 Å². The van der Waals surface area contributed by atoms with Crippen molar-refractivity contribution in [2.24, 2.45) is 0 Å². The van der Waals surface area contributed by atoms with Gasteiger partial charge in [-0.3, -0.25) is 0 Å². The zero-order valence-electron chi connectivity index (χ0n) is 49.3. The SMILES string of the molecule is CCOC(=O)c1cc(Cl)c2c(n1)CN(C(=O)OC(C)(C)C)CC2.COC(=O)c1cc(C)c2c(n1)CN(C(=O)OC(C)(C)C)CC2.COC(=O)c1cc(C)c2c(n1)CNCC2.Cc1cc(C(=O)O)nc2c1CCN(C(=O)OC(C)(C)C)C2. The van der Waals surface area contributed by atoms with E-state index in [4.69, 9.17) is 40.4 Å². The van der Waals surface area contributed by atoms with Crippen molar-refractivity contribution in [1.29, 1.82) is 0 Å². The molecule has 440 valence electrons. The topological polar surface area (TPSA) is 268 Å². The van der Waals surface area contributed by atoms with Crippen molar-refractivity contribution in [1.82, 2.24) is 40.0 Å². The van der Waals surface area contributed by atoms with Crippen LogP contribution in [0.25, 0.3) is 0 Å². The van der Waals surface area contributed by atoms with Crippen molar-refractivity contribution in [3.8, 4) is 0 Å². The molecule has 23 heteroatoms. The molecule has 0 bridgehead atoms. The van der Waals surface area contributed by atoms with Gasteiger partial charge in [0.2, 0.25) is 0 Å². The van der Waals surface area contributed by atoms with Crippen LogP contribution in [0.3, 0.4) is 0 Å². The van der Waals surface area contributed by atoms with Gasteiger partial charge in [-0.2, -0.15) is 0 Å². The molecule has 0 aromatic carbocycles. The highest BCUT2D eigenvalue weighted by molar-refractivity contribution is 6.31. The number of halogens is 1. The third-order valence-corrected chi connectivity index (χ3v) is 13.0. The lowest BCUT2D eigenvalue weighted by molar-refractivity contribution is 0.0210. The maximum Gasteiger partial charge on any atom is 0.410 e. The monoisotopic (exact) mass is 1140 g/mol. The largest absolute Gasteiger partial charge is 0.477 e. The molecule has 4 aromatic heterocycles. The number of carboxylic acid groups (broad SMARTS) is 1. The second-order valence-corrected chi connectivity index (χ2v) is 23.0. The number of nitrogens with zero attached hydrogens (tertiary/aromatic N) is 7. The summed E-state index contributed by atoms with van der Waals surface area (Å²) in [7, 11) is 2.70. The number of ether oxygens (including phenoxy) is 6. The lowest BCUT2D eigenvalue weighted by Gasteiger charge is -2.31. The zero-order valence-corrected chi connectivity index (χ0v) is 50.0. The number of amides is 3. The third-order valence-electron chi connectivity index (χ3n) is 12.7. The van der Waals surface area contributed by atoms with Crippen LogP contribution in [0.5, 0.6) is 0 Å². The van der Waals surface area contributed by atoms with Crippen molar-refractivity contribution in [3.63, 3.8) is 0 Å². The van der Waals surface area contributed by atoms with E-state index in [0.717, 1.165) is 64.3 Å². The van der Waals surface area contributed by atoms with Crippen molar-refractivity contribution < 1.29 is 67.1 Å². The maximum atomic E-state index is 12.2. The van der Waals surface area contributed by atoms with Crippen LogP contribution in [0.4, 0.5) is 14.4 Å². The average molecular weight is 1150 g/mol. The Bertz CT molecular complexity index is 3020. The van der Waals surface area contributed by atoms with Crippen LogP contribution < -0.4 is 5.32 Å². The molecule has 0 spiro atoms. The van der Waals surface area contributed by atoms with E-state index in [1.807, 2.05) is 83.1 Å². The molecule has 0 atom stereocenters. The highest BCUT2D eigenvalue weighted by atomic mass is 35.5. The van der Waals surface area contributed by atoms with Crippen LogP contribution in [-0.2, 0) is 80.3 Å².